The second-order valence-corrected chi connectivity index (χ2v) is 7.15. The molecule has 1 aliphatic heterocycles. The van der Waals surface area contributed by atoms with E-state index in [1.165, 1.54) is 25.7 Å². The van der Waals surface area contributed by atoms with E-state index in [9.17, 15) is 0 Å². The summed E-state index contributed by atoms with van der Waals surface area (Å²) in [6.45, 7) is 4.54. The number of fused-ring (bicyclic) bond motifs is 1. The number of oxazole rings is 1. The van der Waals surface area contributed by atoms with Gasteiger partial charge < -0.3 is 15.1 Å². The van der Waals surface area contributed by atoms with Gasteiger partial charge in [-0.2, -0.15) is 4.98 Å². The van der Waals surface area contributed by atoms with Gasteiger partial charge in [0.15, 0.2) is 12.2 Å². The van der Waals surface area contributed by atoms with Gasteiger partial charge in [-0.15, -0.1) is 0 Å². The minimum atomic E-state index is -0.193. The molecule has 5 nitrogen and oxygen atoms in total. The van der Waals surface area contributed by atoms with Crippen molar-refractivity contribution in [3.05, 3.63) is 40.2 Å². The Morgan fingerprint density at radius 2 is 1.92 bits per heavy atom. The molecule has 0 saturated heterocycles. The number of rotatable bonds is 2. The predicted molar refractivity (Wildman–Crippen MR) is 109 cm³/mol. The molecule has 2 heterocycles. The highest BCUT2D eigenvalue weighted by Gasteiger charge is 2.42. The van der Waals surface area contributed by atoms with Crippen LogP contribution >= 0.6 is 23.2 Å². The minimum absolute atomic E-state index is 0.193. The van der Waals surface area contributed by atoms with Crippen LogP contribution in [0.4, 0.5) is 11.7 Å². The van der Waals surface area contributed by atoms with E-state index in [0.717, 1.165) is 24.2 Å². The number of aliphatic imine (C=N–C) groups is 1. The number of benzene rings is 1. The van der Waals surface area contributed by atoms with Gasteiger partial charge >= 0.3 is 0 Å². The largest absolute Gasteiger partial charge is 0.426 e. The van der Waals surface area contributed by atoms with Crippen molar-refractivity contribution in [1.29, 1.82) is 0 Å². The number of nitrogens with one attached hydrogen (secondary N) is 2. The maximum Gasteiger partial charge on any atom is 0.238 e. The molecule has 1 aromatic heterocycles. The summed E-state index contributed by atoms with van der Waals surface area (Å²) in [6, 6.07) is 5.61. The number of nitrogens with zero attached hydrogens (tertiary/aromatic N) is 2. The summed E-state index contributed by atoms with van der Waals surface area (Å²) in [5.74, 6) is 2.32. The first-order chi connectivity index (χ1) is 12.7. The van der Waals surface area contributed by atoms with Crippen LogP contribution in [0.1, 0.15) is 51.5 Å². The number of amidine groups is 1. The zero-order chi connectivity index (χ0) is 18.6. The van der Waals surface area contributed by atoms with Gasteiger partial charge in [0.2, 0.25) is 5.88 Å². The first-order valence-corrected chi connectivity index (χ1v) is 9.89. The van der Waals surface area contributed by atoms with E-state index < -0.39 is 0 Å². The van der Waals surface area contributed by atoms with Crippen LogP contribution in [0.3, 0.4) is 0 Å². The number of halogens is 2. The van der Waals surface area contributed by atoms with Crippen molar-refractivity contribution in [3.8, 4) is 0 Å². The van der Waals surface area contributed by atoms with Crippen LogP contribution in [0.5, 0.6) is 0 Å². The summed E-state index contributed by atoms with van der Waals surface area (Å²) >= 11 is 12.1. The summed E-state index contributed by atoms with van der Waals surface area (Å²) < 4.78 is 5.45. The van der Waals surface area contributed by atoms with Gasteiger partial charge in [0, 0.05) is 0 Å². The van der Waals surface area contributed by atoms with E-state index in [4.69, 9.17) is 32.6 Å². The van der Waals surface area contributed by atoms with Crippen molar-refractivity contribution in [2.75, 3.05) is 10.6 Å². The molecule has 1 saturated carbocycles. The highest BCUT2D eigenvalue weighted by Crippen LogP contribution is 2.39. The first kappa shape index (κ1) is 19.1. The summed E-state index contributed by atoms with van der Waals surface area (Å²) in [6.07, 6.45) is 7.10. The van der Waals surface area contributed by atoms with Gasteiger partial charge in [-0.3, -0.25) is 4.99 Å². The molecular weight excluding hydrogens is 371 g/mol. The molecule has 0 atom stereocenters. The molecule has 1 fully saturated rings. The monoisotopic (exact) mass is 394 g/mol. The van der Waals surface area contributed by atoms with Crippen molar-refractivity contribution in [2.24, 2.45) is 4.99 Å². The molecule has 140 valence electrons. The Kier molecular flexibility index (Phi) is 6.09. The van der Waals surface area contributed by atoms with Crippen LogP contribution in [0, 0.1) is 0 Å². The third kappa shape index (κ3) is 3.84. The Balaban J connectivity index is 0.000000948. The maximum absolute atomic E-state index is 6.10. The average molecular weight is 395 g/mol. The van der Waals surface area contributed by atoms with Crippen molar-refractivity contribution in [3.63, 3.8) is 0 Å². The quantitative estimate of drug-likeness (QED) is 0.641. The number of aromatic nitrogens is 1. The number of hydrogen-bond acceptors (Lipinski definition) is 4. The first-order valence-electron chi connectivity index (χ1n) is 9.14. The fraction of sp³-hybridized carbons (Fsp3) is 0.474. The smallest absolute Gasteiger partial charge is 0.238 e. The van der Waals surface area contributed by atoms with Crippen LogP contribution in [0.25, 0.3) is 0 Å². The van der Waals surface area contributed by atoms with Crippen LogP contribution in [0.15, 0.2) is 34.0 Å². The minimum Gasteiger partial charge on any atom is -0.426 e. The topological polar surface area (TPSA) is 62.5 Å². The van der Waals surface area contributed by atoms with Gasteiger partial charge in [-0.25, -0.2) is 0 Å². The van der Waals surface area contributed by atoms with Crippen molar-refractivity contribution in [1.82, 2.24) is 4.98 Å². The summed E-state index contributed by atoms with van der Waals surface area (Å²) in [5, 5.41) is 8.00. The lowest BCUT2D eigenvalue weighted by Crippen LogP contribution is -2.53. The molecule has 4 rings (SSSR count). The SMILES string of the molecule is CC.Clc1ccc(CN=C2Nc3ncoc3NC23CCCCC3)cc1Cl. The molecular formula is C19H24Cl2N4O. The number of hydrogen-bond donors (Lipinski definition) is 2. The third-order valence-electron chi connectivity index (χ3n) is 4.72. The maximum atomic E-state index is 6.10. The highest BCUT2D eigenvalue weighted by atomic mass is 35.5. The van der Waals surface area contributed by atoms with Gasteiger partial charge in [-0.05, 0) is 30.5 Å². The van der Waals surface area contributed by atoms with Gasteiger partial charge in [0.1, 0.15) is 5.84 Å². The molecule has 0 amide bonds. The molecule has 2 aromatic rings. The third-order valence-corrected chi connectivity index (χ3v) is 5.46. The molecule has 0 unspecified atom stereocenters. The highest BCUT2D eigenvalue weighted by molar-refractivity contribution is 6.42. The molecule has 0 bridgehead atoms. The molecule has 0 radical (unpaired) electrons. The van der Waals surface area contributed by atoms with E-state index >= 15 is 0 Å². The van der Waals surface area contributed by atoms with Gasteiger partial charge in [0.25, 0.3) is 0 Å². The summed E-state index contributed by atoms with van der Waals surface area (Å²) in [5.41, 5.74) is 0.830. The van der Waals surface area contributed by atoms with Crippen molar-refractivity contribution >= 4 is 40.7 Å². The van der Waals surface area contributed by atoms with Crippen LogP contribution in [-0.4, -0.2) is 16.4 Å². The lowest BCUT2D eigenvalue weighted by molar-refractivity contribution is 0.392. The average Bonchev–Trinajstić information content (AvgIpc) is 3.11. The van der Waals surface area contributed by atoms with Crippen LogP contribution in [0.2, 0.25) is 10.0 Å². The zero-order valence-electron chi connectivity index (χ0n) is 15.1. The Hall–Kier alpha value is -1.72. The zero-order valence-corrected chi connectivity index (χ0v) is 16.6. The fourth-order valence-corrected chi connectivity index (χ4v) is 3.77. The predicted octanol–water partition coefficient (Wildman–Crippen LogP) is 6.15. The van der Waals surface area contributed by atoms with Crippen molar-refractivity contribution < 1.29 is 4.42 Å². The van der Waals surface area contributed by atoms with Gasteiger partial charge in [-0.1, -0.05) is 62.4 Å². The molecule has 1 spiro atoms. The second-order valence-electron chi connectivity index (χ2n) is 6.34. The molecule has 1 aromatic carbocycles. The van der Waals surface area contributed by atoms with E-state index in [-0.39, 0.29) is 5.54 Å². The lowest BCUT2D eigenvalue weighted by atomic mass is 9.79. The summed E-state index contributed by atoms with van der Waals surface area (Å²) in [7, 11) is 0. The standard InChI is InChI=1S/C17H18Cl2N4O.C2H6/c18-12-5-4-11(8-13(12)19)9-20-16-17(6-2-1-3-7-17)23-15-14(22-16)21-10-24-15;1-2/h4-5,8,10,23H,1-3,6-7,9H2,(H,20,22);1-2H3. The molecule has 1 aliphatic carbocycles. The molecule has 2 aliphatic rings. The van der Waals surface area contributed by atoms with Gasteiger partial charge in [0.05, 0.1) is 22.1 Å². The van der Waals surface area contributed by atoms with E-state index in [0.29, 0.717) is 28.3 Å². The second kappa shape index (κ2) is 8.31. The van der Waals surface area contributed by atoms with Crippen LogP contribution < -0.4 is 10.6 Å². The fourth-order valence-electron chi connectivity index (χ4n) is 3.45. The van der Waals surface area contributed by atoms with E-state index in [1.807, 2.05) is 26.0 Å². The normalized spacial score (nSPS) is 19.2. The lowest BCUT2D eigenvalue weighted by Gasteiger charge is -2.41. The van der Waals surface area contributed by atoms with Crippen molar-refractivity contribution in [2.45, 2.75) is 58.0 Å². The molecule has 7 heteroatoms. The Morgan fingerprint density at radius 3 is 2.65 bits per heavy atom. The molecule has 26 heavy (non-hydrogen) atoms. The van der Waals surface area contributed by atoms with Crippen LogP contribution in [-0.2, 0) is 6.54 Å². The Labute approximate surface area is 164 Å². The summed E-state index contributed by atoms with van der Waals surface area (Å²) in [4.78, 5) is 9.05. The van der Waals surface area contributed by atoms with E-state index in [2.05, 4.69) is 15.6 Å². The number of anilines is 2. The molecule has 2 N–H and O–H groups in total. The van der Waals surface area contributed by atoms with E-state index in [1.54, 1.807) is 6.07 Å². The Bertz CT molecular complexity index is 782. The Morgan fingerprint density at radius 1 is 1.15 bits per heavy atom.